The van der Waals surface area contributed by atoms with Gasteiger partial charge in [-0.1, -0.05) is 58.9 Å². The summed E-state index contributed by atoms with van der Waals surface area (Å²) in [5, 5.41) is 0. The van der Waals surface area contributed by atoms with E-state index in [-0.39, 0.29) is 32.7 Å². The van der Waals surface area contributed by atoms with Gasteiger partial charge < -0.3 is 11.8 Å². The fourth-order valence-electron chi connectivity index (χ4n) is 4.37. The van der Waals surface area contributed by atoms with Crippen molar-refractivity contribution >= 4 is 51.5 Å². The van der Waals surface area contributed by atoms with Crippen molar-refractivity contribution in [1.82, 2.24) is 0 Å². The van der Waals surface area contributed by atoms with Crippen LogP contribution in [0, 0.1) is 5.75 Å². The summed E-state index contributed by atoms with van der Waals surface area (Å²) in [6, 6.07) is 0. The predicted molar refractivity (Wildman–Crippen MR) is 110 cm³/mol. The molecule has 7 heteroatoms. The van der Waals surface area contributed by atoms with Gasteiger partial charge >= 0.3 is 0 Å². The number of rotatable bonds is 7. The van der Waals surface area contributed by atoms with Gasteiger partial charge in [0.2, 0.25) is 0 Å². The van der Waals surface area contributed by atoms with E-state index < -0.39 is 28.6 Å². The summed E-state index contributed by atoms with van der Waals surface area (Å²) < 4.78 is 0.752. The molecular formula is C13H35S2Si4Y-. The van der Waals surface area contributed by atoms with Crippen LogP contribution in [0.2, 0.25) is 58.9 Å². The second-order valence-electron chi connectivity index (χ2n) is 8.49. The van der Waals surface area contributed by atoms with Crippen LogP contribution in [0.5, 0.6) is 0 Å². The van der Waals surface area contributed by atoms with E-state index in [1.54, 1.807) is 0 Å². The van der Waals surface area contributed by atoms with Gasteiger partial charge in [0.15, 0.2) is 0 Å². The molecule has 0 spiro atoms. The third-order valence-electron chi connectivity index (χ3n) is 3.84. The third kappa shape index (κ3) is 5.64. The first-order valence-corrected chi connectivity index (χ1v) is 25.4. The first-order valence-electron chi connectivity index (χ1n) is 7.32. The molecule has 0 aliphatic carbocycles. The van der Waals surface area contributed by atoms with Crippen LogP contribution >= 0.6 is 23.0 Å². The van der Waals surface area contributed by atoms with Crippen LogP contribution in [0.4, 0.5) is 0 Å². The first kappa shape index (κ1) is 24.9. The zero-order valence-corrected chi connectivity index (χ0v) is 24.0. The van der Waals surface area contributed by atoms with Gasteiger partial charge in [0.05, 0.1) is 5.78 Å². The molecule has 20 heavy (non-hydrogen) atoms. The summed E-state index contributed by atoms with van der Waals surface area (Å²) in [5.41, 5.74) is 0. The number of thioether (sulfide) groups is 1. The zero-order valence-electron chi connectivity index (χ0n) is 15.5. The quantitative estimate of drug-likeness (QED) is 0.255. The van der Waals surface area contributed by atoms with Gasteiger partial charge in [-0.3, -0.25) is 5.75 Å². The zero-order chi connectivity index (χ0) is 15.7. The Labute approximate surface area is 165 Å². The van der Waals surface area contributed by atoms with Gasteiger partial charge in [0, 0.05) is 60.1 Å². The Morgan fingerprint density at radius 2 is 1.05 bits per heavy atom. The molecule has 0 rings (SSSR count). The van der Waals surface area contributed by atoms with Crippen LogP contribution in [0.15, 0.2) is 0 Å². The Balaban J connectivity index is 0. The van der Waals surface area contributed by atoms with Gasteiger partial charge in [-0.15, -0.1) is 0 Å². The van der Waals surface area contributed by atoms with Crippen molar-refractivity contribution in [3.8, 4) is 0 Å². The Bertz CT molecular complexity index is 256. The molecule has 119 valence electrons. The summed E-state index contributed by atoms with van der Waals surface area (Å²) in [7, 11) is -3.30. The maximum absolute atomic E-state index is 2.68. The van der Waals surface area contributed by atoms with E-state index in [9.17, 15) is 0 Å². The molecule has 0 aromatic heterocycles. The minimum absolute atomic E-state index is 0. The summed E-state index contributed by atoms with van der Waals surface area (Å²) in [4.78, 5) is 0. The molecule has 0 aromatic rings. The number of hydrogen-bond acceptors (Lipinski definition) is 2. The monoisotopic (exact) mass is 456 g/mol. The van der Waals surface area contributed by atoms with Crippen LogP contribution in [0.1, 0.15) is 13.8 Å². The van der Waals surface area contributed by atoms with E-state index >= 15 is 0 Å². The largest absolute Gasteiger partial charge is 0.339 e. The molecule has 0 N–H and O–H groups in total. The van der Waals surface area contributed by atoms with E-state index in [0.29, 0.717) is 0 Å². The Hall–Kier alpha value is 2.67. The smallest absolute Gasteiger partial charge is 0.0959 e. The molecule has 0 saturated heterocycles. The number of hydrogen-bond donors (Lipinski definition) is 0. The fraction of sp³-hybridized carbons (Fsp3) is 0.923. The Morgan fingerprint density at radius 3 is 1.25 bits per heavy atom. The van der Waals surface area contributed by atoms with Gasteiger partial charge in [0.1, 0.15) is 0 Å². The van der Waals surface area contributed by atoms with Crippen molar-refractivity contribution in [3.63, 3.8) is 0 Å². The van der Waals surface area contributed by atoms with Gasteiger partial charge in [0.25, 0.3) is 0 Å². The van der Waals surface area contributed by atoms with Crippen molar-refractivity contribution < 1.29 is 32.7 Å². The van der Waals surface area contributed by atoms with Crippen molar-refractivity contribution in [2.24, 2.45) is 0 Å². The normalized spacial score (nSPS) is 15.8. The second-order valence-corrected chi connectivity index (χ2v) is 56.6. The van der Waals surface area contributed by atoms with Gasteiger partial charge in [-0.05, 0) is 6.92 Å². The molecule has 0 bridgehead atoms. The van der Waals surface area contributed by atoms with Crippen LogP contribution in [-0.4, -0.2) is 33.1 Å². The minimum atomic E-state index is -1.21. The standard InChI is InChI=1S/C13H35S2Si4.Y/c1-12-14-13(2)15-19(16(3,4)5,17(6,7)8)18(9,10)11;/h12-13H,1-11H3;/q-1;. The average Bonchev–Trinajstić information content (AvgIpc) is 2.08. The molecule has 0 aliphatic heterocycles. The molecule has 0 nitrogen and oxygen atoms in total. The van der Waals surface area contributed by atoms with Crippen LogP contribution in [0.3, 0.4) is 0 Å². The van der Waals surface area contributed by atoms with Gasteiger partial charge in [-0.2, -0.15) is 18.1 Å². The van der Waals surface area contributed by atoms with Crippen molar-refractivity contribution in [1.29, 1.82) is 0 Å². The molecular weight excluding hydrogens is 422 g/mol. The van der Waals surface area contributed by atoms with E-state index in [2.05, 4.69) is 89.7 Å². The minimum Gasteiger partial charge on any atom is -0.339 e. The molecule has 0 fully saturated rings. The predicted octanol–water partition coefficient (Wildman–Crippen LogP) is 6.17. The Morgan fingerprint density at radius 1 is 0.750 bits per heavy atom. The molecule has 0 aromatic carbocycles. The molecule has 0 aliphatic rings. The maximum atomic E-state index is 2.68. The van der Waals surface area contributed by atoms with Crippen molar-refractivity contribution in [3.05, 3.63) is 5.75 Å². The van der Waals surface area contributed by atoms with E-state index in [1.165, 1.54) is 0 Å². The summed E-state index contributed by atoms with van der Waals surface area (Å²) in [6.45, 7) is 28.7. The second kappa shape index (κ2) is 8.68. The first-order chi connectivity index (χ1) is 8.20. The summed E-state index contributed by atoms with van der Waals surface area (Å²) >= 11 is 4.54. The summed E-state index contributed by atoms with van der Waals surface area (Å²) in [5.74, 6) is 1.08. The molecule has 0 heterocycles. The van der Waals surface area contributed by atoms with E-state index in [1.807, 2.05) is 11.8 Å². The molecule has 1 unspecified atom stereocenters. The summed E-state index contributed by atoms with van der Waals surface area (Å²) in [6.07, 6.45) is 0. The third-order valence-corrected chi connectivity index (χ3v) is 94.0. The fourth-order valence-corrected chi connectivity index (χ4v) is 118. The SMILES string of the molecule is C[CH-]SC(C)S[Si]([Si](C)(C)C)([Si](C)(C)C)[Si](C)(C)C.[Y]. The van der Waals surface area contributed by atoms with Crippen molar-refractivity contribution in [2.75, 3.05) is 0 Å². The van der Waals surface area contributed by atoms with Crippen molar-refractivity contribution in [2.45, 2.75) is 77.4 Å². The van der Waals surface area contributed by atoms with E-state index in [4.69, 9.17) is 0 Å². The average molecular weight is 457 g/mol. The maximum Gasteiger partial charge on any atom is 0.0959 e. The molecule has 1 atom stereocenters. The Kier molecular flexibility index (Phi) is 10.8. The molecule has 0 saturated carbocycles. The van der Waals surface area contributed by atoms with Gasteiger partial charge in [-0.25, -0.2) is 0 Å². The topological polar surface area (TPSA) is 0 Å². The van der Waals surface area contributed by atoms with Crippen LogP contribution < -0.4 is 0 Å². The van der Waals surface area contributed by atoms with E-state index in [0.717, 1.165) is 4.58 Å². The van der Waals surface area contributed by atoms with Crippen LogP contribution in [-0.2, 0) is 32.7 Å². The molecule has 1 radical (unpaired) electrons. The molecule has 0 amide bonds. The van der Waals surface area contributed by atoms with Crippen LogP contribution in [0.25, 0.3) is 0 Å².